The molecule has 0 bridgehead atoms. The third-order valence-electron chi connectivity index (χ3n) is 22.7. The zero-order valence-electron chi connectivity index (χ0n) is 75.0. The summed E-state index contributed by atoms with van der Waals surface area (Å²) >= 11 is 0. The van der Waals surface area contributed by atoms with Gasteiger partial charge in [0.1, 0.15) is 31.6 Å². The minimum absolute atomic E-state index is 0. The molecule has 0 saturated heterocycles. The van der Waals surface area contributed by atoms with Crippen molar-refractivity contribution in [2.45, 2.75) is 88.0 Å². The maximum absolute atomic E-state index is 5.67. The Morgan fingerprint density at radius 1 is 0.250 bits per heavy atom. The molecule has 23 aromatic rings. The fraction of sp³-hybridized carbons (Fsp3) is 0.123. The molecule has 687 valence electrons. The molecule has 10 aromatic heterocycles. The average Bonchev–Trinajstić information content (AvgIpc) is 1.61. The first-order valence-corrected chi connectivity index (χ1v) is 42.5. The van der Waals surface area contributed by atoms with Crippen molar-refractivity contribution in [3.05, 3.63) is 375 Å². The van der Waals surface area contributed by atoms with Gasteiger partial charge < -0.3 is 44.9 Å². The third-order valence-corrected chi connectivity index (χ3v) is 22.7. The van der Waals surface area contributed by atoms with E-state index in [0.717, 1.165) is 128 Å². The predicted octanol–water partition coefficient (Wildman–Crippen LogP) is 23.8. The number of oxazole rings is 5. The number of fused-ring (bicyclic) bond motifs is 5. The van der Waals surface area contributed by atoms with E-state index in [2.05, 4.69) is 308 Å². The van der Waals surface area contributed by atoms with Crippen LogP contribution in [-0.4, -0.2) is 98.7 Å². The monoisotopic (exact) mass is 2680 g/mol. The Morgan fingerprint density at radius 2 is 0.507 bits per heavy atom. The van der Waals surface area contributed by atoms with Gasteiger partial charge in [0.2, 0.25) is 0 Å². The van der Waals surface area contributed by atoms with E-state index < -0.39 is 0 Å². The molecule has 0 amide bonds. The summed E-state index contributed by atoms with van der Waals surface area (Å²) in [6, 6.07) is 93.4. The minimum Gasteiger partial charge on any atom is -0.490 e. The molecule has 0 aliphatic rings. The number of aryl methyl sites for hydroxylation is 7. The molecule has 5 radical (unpaired) electrons. The molecule has 30 heteroatoms. The molecule has 0 saturated carbocycles. The van der Waals surface area contributed by atoms with Crippen molar-refractivity contribution < 1.29 is 123 Å². The van der Waals surface area contributed by atoms with E-state index >= 15 is 0 Å². The van der Waals surface area contributed by atoms with Crippen LogP contribution in [-0.2, 0) is 101 Å². The van der Waals surface area contributed by atoms with Gasteiger partial charge in [-0.2, -0.15) is 25.5 Å². The van der Waals surface area contributed by atoms with E-state index in [1.807, 2.05) is 127 Å². The number of aromatic nitrogens is 20. The van der Waals surface area contributed by atoms with E-state index in [9.17, 15) is 0 Å². The van der Waals surface area contributed by atoms with Crippen LogP contribution >= 0.6 is 0 Å². The molecular formula is C106H83Ir5N20O5-5. The maximum atomic E-state index is 5.67. The van der Waals surface area contributed by atoms with Gasteiger partial charge in [0.15, 0.2) is 32.0 Å². The van der Waals surface area contributed by atoms with E-state index in [1.165, 1.54) is 70.9 Å². The number of para-hydroxylation sites is 3. The van der Waals surface area contributed by atoms with E-state index in [1.54, 1.807) is 31.6 Å². The smallest absolute Gasteiger partial charge is 0.169 e. The molecular weight excluding hydrogens is 2590 g/mol. The van der Waals surface area contributed by atoms with Crippen molar-refractivity contribution in [2.24, 2.45) is 0 Å². The van der Waals surface area contributed by atoms with Gasteiger partial charge in [-0.1, -0.05) is 219 Å². The average molecular weight is 2680 g/mol. The van der Waals surface area contributed by atoms with Gasteiger partial charge in [-0.25, -0.2) is 24.9 Å². The van der Waals surface area contributed by atoms with Crippen molar-refractivity contribution in [3.8, 4) is 119 Å². The topological polar surface area (TPSA) is 284 Å². The van der Waals surface area contributed by atoms with E-state index in [0.29, 0.717) is 68.9 Å². The summed E-state index contributed by atoms with van der Waals surface area (Å²) in [6.45, 7) is 23.5. The molecule has 10 heterocycles. The van der Waals surface area contributed by atoms with Crippen molar-refractivity contribution in [1.29, 1.82) is 0 Å². The third kappa shape index (κ3) is 19.7. The van der Waals surface area contributed by atoms with Crippen molar-refractivity contribution >= 4 is 55.5 Å². The van der Waals surface area contributed by atoms with Gasteiger partial charge in [0.25, 0.3) is 0 Å². The number of hydrogen-bond donors (Lipinski definition) is 0. The van der Waals surface area contributed by atoms with Gasteiger partial charge >= 0.3 is 0 Å². The van der Waals surface area contributed by atoms with Crippen LogP contribution in [0.2, 0.25) is 0 Å². The van der Waals surface area contributed by atoms with Crippen LogP contribution < -0.4 is 0 Å². The molecule has 25 nitrogen and oxygen atoms in total. The Bertz CT molecular complexity index is 7880. The van der Waals surface area contributed by atoms with Gasteiger partial charge in [0, 0.05) is 162 Å². The second-order valence-electron chi connectivity index (χ2n) is 32.1. The summed E-state index contributed by atoms with van der Waals surface area (Å²) < 4.78 is 37.9. The Kier molecular flexibility index (Phi) is 31.5. The first-order valence-electron chi connectivity index (χ1n) is 42.5. The molecule has 0 fully saturated rings. The minimum atomic E-state index is 0. The van der Waals surface area contributed by atoms with E-state index in [4.69, 9.17) is 22.1 Å². The number of nitrogens with zero attached hydrogens (tertiary/aromatic N) is 20. The molecule has 0 unspecified atom stereocenters. The summed E-state index contributed by atoms with van der Waals surface area (Å²) in [7, 11) is 0. The first kappa shape index (κ1) is 98.2. The van der Waals surface area contributed by atoms with Crippen LogP contribution in [0.5, 0.6) is 0 Å². The largest absolute Gasteiger partial charge is 0.490 e. The van der Waals surface area contributed by atoms with Crippen LogP contribution in [0, 0.1) is 78.8 Å². The summed E-state index contributed by atoms with van der Waals surface area (Å²) in [4.78, 5) is 21.1. The van der Waals surface area contributed by atoms with Gasteiger partial charge in [-0.3, -0.25) is 0 Å². The summed E-state index contributed by atoms with van der Waals surface area (Å²) in [6.07, 6.45) is 15.9. The predicted molar refractivity (Wildman–Crippen MR) is 504 cm³/mol. The molecule has 0 aliphatic carbocycles. The number of rotatable bonds is 15. The van der Waals surface area contributed by atoms with Crippen LogP contribution in [0.1, 0.15) is 89.6 Å². The zero-order valence-corrected chi connectivity index (χ0v) is 87.0. The van der Waals surface area contributed by atoms with Gasteiger partial charge in [0.05, 0.1) is 62.7 Å². The Labute approximate surface area is 850 Å². The second kappa shape index (κ2) is 43.7. The molecule has 0 atom stereocenters. The van der Waals surface area contributed by atoms with Crippen LogP contribution in [0.4, 0.5) is 0 Å². The molecule has 0 spiro atoms. The Morgan fingerprint density at radius 3 is 0.809 bits per heavy atom. The molecule has 0 N–H and O–H groups in total. The summed E-state index contributed by atoms with van der Waals surface area (Å²) in [5, 5.41) is 42.6. The standard InChI is InChI=1S/C27H17N4O.C23H17N4O.C21H21N4O.C18H15N4O.C17H13N4O.5Ir/c1-3-9-19(10-4-1)21-13-7-14-22(20-11-5-2-6-12-20)25(21)31-17-29-30-27(31)23-15-8-16-24-26(23)32-18-28-24;1-15-11-18(17-7-4-3-5-8-17)12-16(2)21(15)27-13-25-26-23(27)19-9-6-10-20-22(19)28-14-24-20;1-13(2)15-7-5-8-16(14(3)4)19(15)25-11-23-24-21(25)17-9-6-10-18-20(17)26-12-22-18;1-11-7-12(2)16(13(3)8-11)22-9-20-21-18(22)14-5-4-6-15-17(14)23-10-19-15;1-11-5-3-6-12(2)15(11)21-9-19-20-17(21)13-7-4-8-14-16(13)22-10-18-14;;;;;/h1-14,16-18H;3-8,10-14H,1-2H3;5-8,10-14H,1-4H3;4,6-10H,1-3H3;3-6,8-10H,1-2H3;;;;;/q5*-1;;;;;. The quantitative estimate of drug-likeness (QED) is 0.0862. The Balaban J connectivity index is 0.000000136. The van der Waals surface area contributed by atoms with Gasteiger partial charge in [-0.05, 0) is 139 Å². The van der Waals surface area contributed by atoms with Crippen molar-refractivity contribution in [3.63, 3.8) is 0 Å². The fourth-order valence-corrected chi connectivity index (χ4v) is 17.0. The normalized spacial score (nSPS) is 10.9. The van der Waals surface area contributed by atoms with Crippen LogP contribution in [0.15, 0.2) is 316 Å². The summed E-state index contributed by atoms with van der Waals surface area (Å²) in [5.41, 5.74) is 33.8. The first-order chi connectivity index (χ1) is 64.1. The van der Waals surface area contributed by atoms with Crippen LogP contribution in [0.3, 0.4) is 0 Å². The maximum Gasteiger partial charge on any atom is 0.169 e. The molecule has 136 heavy (non-hydrogen) atoms. The molecule has 23 rings (SSSR count). The fourth-order valence-electron chi connectivity index (χ4n) is 17.0. The number of benzene rings is 13. The molecule has 0 aliphatic heterocycles. The zero-order chi connectivity index (χ0) is 89.8. The second-order valence-corrected chi connectivity index (χ2v) is 32.1. The van der Waals surface area contributed by atoms with Crippen LogP contribution in [0.25, 0.3) is 174 Å². The van der Waals surface area contributed by atoms with Crippen molar-refractivity contribution in [2.75, 3.05) is 0 Å². The Hall–Kier alpha value is -13.8. The van der Waals surface area contributed by atoms with E-state index in [-0.39, 0.29) is 101 Å². The molecule has 13 aromatic carbocycles. The van der Waals surface area contributed by atoms with Gasteiger partial charge in [-0.15, -0.1) is 116 Å². The van der Waals surface area contributed by atoms with Crippen molar-refractivity contribution in [1.82, 2.24) is 98.7 Å². The summed E-state index contributed by atoms with van der Waals surface area (Å²) in [5.74, 6) is 4.19. The SMILES string of the molecule is CC(C)c1cccc(C(C)C)c1-n1cnnc1-c1[c-]ccc2ncoc12.Cc1cc(-c2ccccc2)cc(C)c1-n1cnnc1-c1[c-]ccc2ncoc12.Cc1cc(C)c(-n2cnnc2-c2[c-]ccc3ncoc23)c(C)c1.Cc1cccc(C)c1-n1cnnc1-c1[c-]ccc2ncoc12.[Ir].[Ir].[Ir].[Ir].[Ir].[c-]1ccc2ncoc2c1-c1nncn1-c1c(-c2ccccc2)cccc1-c1ccccc1. The number of hydrogen-bond acceptors (Lipinski definition) is 20.